The number of para-hydroxylation sites is 2. The number of rotatable bonds is 15. The van der Waals surface area contributed by atoms with Crippen molar-refractivity contribution < 1.29 is 31.5 Å². The third kappa shape index (κ3) is 12.3. The number of nitrogens with one attached hydrogen (secondary N) is 3. The summed E-state index contributed by atoms with van der Waals surface area (Å²) in [7, 11) is -7.30. The summed E-state index contributed by atoms with van der Waals surface area (Å²) >= 11 is 0. The predicted molar refractivity (Wildman–Crippen MR) is 290 cm³/mol. The Morgan fingerprint density at radius 2 is 0.931 bits per heavy atom. The van der Waals surface area contributed by atoms with Gasteiger partial charge in [0.15, 0.2) is 0 Å². The molecule has 8 aromatic rings. The van der Waals surface area contributed by atoms with Crippen molar-refractivity contribution in [2.45, 2.75) is 82.4 Å². The number of anilines is 2. The molecule has 0 spiro atoms. The molecule has 0 radical (unpaired) electrons. The number of amides is 1. The summed E-state index contributed by atoms with van der Waals surface area (Å²) in [4.78, 5) is 35.3. The summed E-state index contributed by atoms with van der Waals surface area (Å²) in [6.45, 7) is 4.10. The Kier molecular flexibility index (Phi) is 16.9. The van der Waals surface area contributed by atoms with Crippen molar-refractivity contribution in [1.29, 1.82) is 0 Å². The van der Waals surface area contributed by atoms with Gasteiger partial charge in [-0.25, -0.2) is 31.6 Å². The lowest BCUT2D eigenvalue weighted by atomic mass is 9.99. The van der Waals surface area contributed by atoms with Crippen molar-refractivity contribution in [3.63, 3.8) is 0 Å². The van der Waals surface area contributed by atoms with E-state index in [1.165, 1.54) is 5.56 Å². The molecule has 2 fully saturated rings. The summed E-state index contributed by atoms with van der Waals surface area (Å²) in [6.07, 6.45) is 4.09. The van der Waals surface area contributed by atoms with E-state index in [2.05, 4.69) is 38.8 Å². The minimum absolute atomic E-state index is 0. The maximum absolute atomic E-state index is 13.9. The number of nitrogens with two attached hydrogens (primary N) is 1. The lowest BCUT2D eigenvalue weighted by molar-refractivity contribution is 0.0699. The van der Waals surface area contributed by atoms with Crippen molar-refractivity contribution in [2.75, 3.05) is 9.44 Å². The molecule has 10 rings (SSSR count). The van der Waals surface area contributed by atoms with Gasteiger partial charge in [-0.15, -0.1) is 0 Å². The van der Waals surface area contributed by atoms with E-state index in [4.69, 9.17) is 10.7 Å². The molecule has 72 heavy (non-hydrogen) atoms. The van der Waals surface area contributed by atoms with Crippen molar-refractivity contribution in [1.82, 2.24) is 15.3 Å². The van der Waals surface area contributed by atoms with Crippen LogP contribution in [0.1, 0.15) is 104 Å². The SMILES string of the molecule is C.CC[C@H](N)c1ccccc1.CC[C@H](NC(=O)c1c(NS(=O)(=O)C2CC2)c(-c2ccccc2)nc2ccccc12)c1ccccc1.O=C(O)c1c(NS(=O)(=O)C2CC2)c(-c2ccccc2)nc2ccccc12. The number of hydrogen-bond acceptors (Lipinski definition) is 9. The minimum atomic E-state index is -3.65. The molecular weight excluding hydrogens is 945 g/mol. The van der Waals surface area contributed by atoms with Gasteiger partial charge in [0.05, 0.1) is 61.5 Å². The molecule has 0 unspecified atom stereocenters. The molecule has 0 aliphatic heterocycles. The number of aromatic carboxylic acids is 1. The third-order valence-corrected chi connectivity index (χ3v) is 16.0. The highest BCUT2D eigenvalue weighted by molar-refractivity contribution is 7.93. The fourth-order valence-corrected chi connectivity index (χ4v) is 11.0. The Bertz CT molecular complexity index is 3380. The van der Waals surface area contributed by atoms with Gasteiger partial charge in [0, 0.05) is 27.9 Å². The molecular formula is C57H60N6O7S2. The first-order chi connectivity index (χ1) is 34.3. The van der Waals surface area contributed by atoms with Crippen molar-refractivity contribution in [3.8, 4) is 22.5 Å². The van der Waals surface area contributed by atoms with Crippen LogP contribution in [0.4, 0.5) is 11.4 Å². The fourth-order valence-electron chi connectivity index (χ4n) is 8.17. The average molecular weight is 1010 g/mol. The number of pyridine rings is 2. The number of fused-ring (bicyclic) bond motifs is 2. The van der Waals surface area contributed by atoms with Gasteiger partial charge in [-0.3, -0.25) is 14.2 Å². The number of benzene rings is 6. The van der Waals surface area contributed by atoms with Crippen LogP contribution in [0.25, 0.3) is 44.3 Å². The highest BCUT2D eigenvalue weighted by atomic mass is 32.2. The van der Waals surface area contributed by atoms with Gasteiger partial charge in [0.25, 0.3) is 5.91 Å². The van der Waals surface area contributed by atoms with E-state index in [1.54, 1.807) is 48.5 Å². The molecule has 1 amide bonds. The highest BCUT2D eigenvalue weighted by Crippen LogP contribution is 2.40. The number of carbonyl (C=O) groups excluding carboxylic acids is 1. The van der Waals surface area contributed by atoms with E-state index in [0.717, 1.165) is 17.5 Å². The van der Waals surface area contributed by atoms with Gasteiger partial charge in [0.1, 0.15) is 0 Å². The lowest BCUT2D eigenvalue weighted by Gasteiger charge is -2.22. The average Bonchev–Trinajstić information content (AvgIpc) is 4.33. The van der Waals surface area contributed by atoms with Gasteiger partial charge in [0.2, 0.25) is 20.0 Å². The Labute approximate surface area is 422 Å². The lowest BCUT2D eigenvalue weighted by Crippen LogP contribution is -2.30. The van der Waals surface area contributed by atoms with Crippen LogP contribution < -0.4 is 20.5 Å². The molecule has 2 heterocycles. The van der Waals surface area contributed by atoms with Crippen molar-refractivity contribution in [3.05, 3.63) is 192 Å². The number of carboxylic acids is 1. The van der Waals surface area contributed by atoms with E-state index in [9.17, 15) is 31.5 Å². The second-order valence-electron chi connectivity index (χ2n) is 17.5. The molecule has 0 bridgehead atoms. The first-order valence-corrected chi connectivity index (χ1v) is 26.8. The second-order valence-corrected chi connectivity index (χ2v) is 21.4. The van der Waals surface area contributed by atoms with Crippen LogP contribution in [0.3, 0.4) is 0 Å². The van der Waals surface area contributed by atoms with E-state index < -0.39 is 36.5 Å². The Morgan fingerprint density at radius 3 is 1.33 bits per heavy atom. The number of aromatic nitrogens is 2. The topological polar surface area (TPSA) is 211 Å². The third-order valence-electron chi connectivity index (χ3n) is 12.3. The first kappa shape index (κ1) is 52.4. The van der Waals surface area contributed by atoms with E-state index in [-0.39, 0.29) is 47.9 Å². The zero-order valence-electron chi connectivity index (χ0n) is 39.4. The Balaban J connectivity index is 0.000000180. The molecule has 2 aromatic heterocycles. The number of carbonyl (C=O) groups is 2. The van der Waals surface area contributed by atoms with Crippen LogP contribution in [0.2, 0.25) is 0 Å². The molecule has 2 aliphatic carbocycles. The maximum atomic E-state index is 13.9. The van der Waals surface area contributed by atoms with Gasteiger partial charge in [-0.05, 0) is 61.8 Å². The quantitative estimate of drug-likeness (QED) is 0.0656. The van der Waals surface area contributed by atoms with Gasteiger partial charge < -0.3 is 16.2 Å². The molecule has 15 heteroatoms. The van der Waals surface area contributed by atoms with Crippen molar-refractivity contribution in [2.24, 2.45) is 5.73 Å². The molecule has 6 N–H and O–H groups in total. The molecule has 2 atom stereocenters. The summed E-state index contributed by atoms with van der Waals surface area (Å²) in [5.74, 6) is -1.54. The summed E-state index contributed by atoms with van der Waals surface area (Å²) in [5.41, 5.74) is 11.7. The van der Waals surface area contributed by atoms with E-state index in [1.807, 2.05) is 116 Å². The van der Waals surface area contributed by atoms with Gasteiger partial charge >= 0.3 is 5.97 Å². The number of hydrogen-bond donors (Lipinski definition) is 5. The molecule has 0 saturated heterocycles. The normalized spacial score (nSPS) is 14.0. The first-order valence-electron chi connectivity index (χ1n) is 23.7. The molecule has 13 nitrogen and oxygen atoms in total. The number of carboxylic acid groups (broad SMARTS) is 1. The monoisotopic (exact) mass is 1000 g/mol. The Morgan fingerprint density at radius 1 is 0.556 bits per heavy atom. The highest BCUT2D eigenvalue weighted by Gasteiger charge is 2.39. The predicted octanol–water partition coefficient (Wildman–Crippen LogP) is 11.9. The Hall–Kier alpha value is -7.46. The standard InChI is InChI=1S/C28H27N3O3S.C19H16N2O4S.C9H13N.CH4/c1-2-23(19-11-5-3-6-12-19)30-28(32)25-22-15-9-10-16-24(22)29-26(20-13-7-4-8-14-20)27(25)31-35(33,34)21-17-18-21;22-19(23)16-14-8-4-5-9-15(14)20-17(12-6-2-1-3-7-12)18(16)21-26(24,25)13-10-11-13;1-2-9(10)8-6-4-3-5-7-8;/h3-16,21,23,31H,2,17-18H2,1H3,(H,30,32);1-9,13,21H,10-11H2,(H,22,23);3-7,9H,2,10H2,1H3;1H4/t23-;;9-;/m0.0./s1. The summed E-state index contributed by atoms with van der Waals surface area (Å²) in [5, 5.41) is 13.0. The molecule has 2 aliphatic rings. The van der Waals surface area contributed by atoms with E-state index >= 15 is 0 Å². The van der Waals surface area contributed by atoms with Gasteiger partial charge in [-0.2, -0.15) is 0 Å². The number of nitrogens with zero attached hydrogens (tertiary/aromatic N) is 2. The van der Waals surface area contributed by atoms with Crippen LogP contribution in [-0.4, -0.2) is 54.3 Å². The molecule has 372 valence electrons. The van der Waals surface area contributed by atoms with E-state index in [0.29, 0.717) is 70.9 Å². The largest absolute Gasteiger partial charge is 0.478 e. The maximum Gasteiger partial charge on any atom is 0.338 e. The zero-order chi connectivity index (χ0) is 50.1. The smallest absolute Gasteiger partial charge is 0.338 e. The van der Waals surface area contributed by atoms with Crippen LogP contribution in [-0.2, 0) is 20.0 Å². The van der Waals surface area contributed by atoms with Crippen LogP contribution in [0.15, 0.2) is 170 Å². The second kappa shape index (κ2) is 23.2. The van der Waals surface area contributed by atoms with Gasteiger partial charge in [-0.1, -0.05) is 179 Å². The minimum Gasteiger partial charge on any atom is -0.478 e. The van der Waals surface area contributed by atoms with Crippen LogP contribution in [0, 0.1) is 0 Å². The zero-order valence-corrected chi connectivity index (χ0v) is 41.0. The molecule has 6 aromatic carbocycles. The summed E-state index contributed by atoms with van der Waals surface area (Å²) in [6, 6.07) is 52.4. The van der Waals surface area contributed by atoms with Crippen LogP contribution in [0.5, 0.6) is 0 Å². The molecule has 2 saturated carbocycles. The van der Waals surface area contributed by atoms with Crippen LogP contribution >= 0.6 is 0 Å². The van der Waals surface area contributed by atoms with Crippen molar-refractivity contribution >= 4 is 65.1 Å². The fraction of sp³-hybridized carbons (Fsp3) is 0.228. The number of sulfonamides is 2. The summed E-state index contributed by atoms with van der Waals surface area (Å²) < 4.78 is 56.5.